The molecule has 88 valence electrons. The van der Waals surface area contributed by atoms with Crippen LogP contribution >= 0.6 is 0 Å². The summed E-state index contributed by atoms with van der Waals surface area (Å²) in [7, 11) is 0. The van der Waals surface area contributed by atoms with Crippen LogP contribution in [0.25, 0.3) is 0 Å². The normalized spacial score (nSPS) is 11.4. The molecule has 0 amide bonds. The van der Waals surface area contributed by atoms with Gasteiger partial charge in [0.1, 0.15) is 12.4 Å². The van der Waals surface area contributed by atoms with E-state index >= 15 is 0 Å². The molecule has 0 aliphatic rings. The summed E-state index contributed by atoms with van der Waals surface area (Å²) in [6.45, 7) is 0.232. The molecular formula is C11H11N3O3. The van der Waals surface area contributed by atoms with Gasteiger partial charge in [-0.05, 0) is 24.3 Å². The summed E-state index contributed by atoms with van der Waals surface area (Å²) in [6.07, 6.45) is 3.12. The van der Waals surface area contributed by atoms with Gasteiger partial charge in [-0.2, -0.15) is 0 Å². The molecule has 3 N–H and O–H groups in total. The molecule has 0 atom stereocenters. The van der Waals surface area contributed by atoms with Crippen LogP contribution in [0.15, 0.2) is 46.3 Å². The molecule has 0 unspecified atom stereocenters. The van der Waals surface area contributed by atoms with Crippen molar-refractivity contribution in [2.24, 2.45) is 10.9 Å². The number of hydrogen-bond donors (Lipinski definition) is 2. The lowest BCUT2D eigenvalue weighted by atomic mass is 10.2. The molecule has 6 nitrogen and oxygen atoms in total. The van der Waals surface area contributed by atoms with Gasteiger partial charge >= 0.3 is 0 Å². The van der Waals surface area contributed by atoms with Gasteiger partial charge in [-0.15, -0.1) is 0 Å². The van der Waals surface area contributed by atoms with E-state index in [1.54, 1.807) is 36.7 Å². The molecule has 0 aliphatic carbocycles. The molecule has 2 aromatic rings. The molecule has 0 spiro atoms. The fourth-order valence-electron chi connectivity index (χ4n) is 1.29. The Balaban J connectivity index is 2.15. The first-order valence-electron chi connectivity index (χ1n) is 4.89. The number of amidine groups is 1. The predicted octanol–water partition coefficient (Wildman–Crippen LogP) is 1.35. The minimum atomic E-state index is -0.0486. The molecule has 2 heterocycles. The number of nitrogens with zero attached hydrogens (tertiary/aromatic N) is 2. The predicted molar refractivity (Wildman–Crippen MR) is 59.8 cm³/mol. The number of pyridine rings is 1. The maximum absolute atomic E-state index is 8.63. The summed E-state index contributed by atoms with van der Waals surface area (Å²) >= 11 is 0. The van der Waals surface area contributed by atoms with E-state index in [0.29, 0.717) is 17.2 Å². The average molecular weight is 233 g/mol. The summed E-state index contributed by atoms with van der Waals surface area (Å²) in [6, 6.07) is 6.88. The lowest BCUT2D eigenvalue weighted by Gasteiger charge is -2.07. The van der Waals surface area contributed by atoms with Crippen LogP contribution < -0.4 is 10.5 Å². The third-order valence-electron chi connectivity index (χ3n) is 2.09. The topological polar surface area (TPSA) is 93.9 Å². The molecule has 6 heteroatoms. The molecule has 0 aliphatic heterocycles. The van der Waals surface area contributed by atoms with Crippen LogP contribution in [-0.2, 0) is 6.61 Å². The Morgan fingerprint density at radius 2 is 2.35 bits per heavy atom. The van der Waals surface area contributed by atoms with Crippen molar-refractivity contribution in [3.8, 4) is 5.88 Å². The van der Waals surface area contributed by atoms with Gasteiger partial charge in [0.15, 0.2) is 5.84 Å². The second-order valence-electron chi connectivity index (χ2n) is 3.21. The highest BCUT2D eigenvalue weighted by Gasteiger charge is 2.09. The number of oxime groups is 1. The van der Waals surface area contributed by atoms with Gasteiger partial charge in [0.05, 0.1) is 11.8 Å². The first-order chi connectivity index (χ1) is 8.31. The molecule has 2 aromatic heterocycles. The Morgan fingerprint density at radius 3 is 3.06 bits per heavy atom. The number of hydrogen-bond acceptors (Lipinski definition) is 5. The SMILES string of the molecule is N/C(=N\O)c1cccnc1OCc1ccco1. The van der Waals surface area contributed by atoms with Gasteiger partial charge < -0.3 is 20.1 Å². The smallest absolute Gasteiger partial charge is 0.225 e. The van der Waals surface area contributed by atoms with Crippen molar-refractivity contribution in [2.75, 3.05) is 0 Å². The van der Waals surface area contributed by atoms with E-state index in [1.165, 1.54) is 0 Å². The van der Waals surface area contributed by atoms with Crippen LogP contribution in [0.5, 0.6) is 5.88 Å². The van der Waals surface area contributed by atoms with Crippen LogP contribution in [0.2, 0.25) is 0 Å². The van der Waals surface area contributed by atoms with E-state index in [1.807, 2.05) is 0 Å². The van der Waals surface area contributed by atoms with Crippen LogP contribution in [0.1, 0.15) is 11.3 Å². The number of furan rings is 1. The molecule has 0 fully saturated rings. The van der Waals surface area contributed by atoms with Crippen LogP contribution in [-0.4, -0.2) is 16.0 Å². The Labute approximate surface area is 97.3 Å². The molecule has 0 bridgehead atoms. The van der Waals surface area contributed by atoms with E-state index < -0.39 is 0 Å². The second-order valence-corrected chi connectivity index (χ2v) is 3.21. The Kier molecular flexibility index (Phi) is 3.25. The van der Waals surface area contributed by atoms with E-state index in [0.717, 1.165) is 0 Å². The molecule has 17 heavy (non-hydrogen) atoms. The lowest BCUT2D eigenvalue weighted by molar-refractivity contribution is 0.259. The van der Waals surface area contributed by atoms with Crippen molar-refractivity contribution in [1.29, 1.82) is 0 Å². The quantitative estimate of drug-likeness (QED) is 0.360. The third-order valence-corrected chi connectivity index (χ3v) is 2.09. The Hall–Kier alpha value is -2.50. The number of ether oxygens (including phenoxy) is 1. The summed E-state index contributed by atoms with van der Waals surface area (Å²) in [5.41, 5.74) is 5.93. The highest BCUT2D eigenvalue weighted by Crippen LogP contribution is 2.15. The minimum absolute atomic E-state index is 0.0486. The zero-order valence-corrected chi connectivity index (χ0v) is 8.91. The number of nitrogens with two attached hydrogens (primary N) is 1. The summed E-state index contributed by atoms with van der Waals surface area (Å²) in [5, 5.41) is 11.5. The Bertz CT molecular complexity index is 508. The fraction of sp³-hybridized carbons (Fsp3) is 0.0909. The van der Waals surface area contributed by atoms with E-state index in [4.69, 9.17) is 20.1 Å². The van der Waals surface area contributed by atoms with Crippen molar-refractivity contribution >= 4 is 5.84 Å². The number of rotatable bonds is 4. The Morgan fingerprint density at radius 1 is 1.47 bits per heavy atom. The number of aromatic nitrogens is 1. The largest absolute Gasteiger partial charge is 0.469 e. The molecule has 0 saturated carbocycles. The summed E-state index contributed by atoms with van der Waals surface area (Å²) in [5.74, 6) is 0.910. The molecule has 0 aromatic carbocycles. The van der Waals surface area contributed by atoms with Crippen molar-refractivity contribution in [1.82, 2.24) is 4.98 Å². The molecule has 0 radical (unpaired) electrons. The van der Waals surface area contributed by atoms with Gasteiger partial charge in [-0.3, -0.25) is 0 Å². The lowest BCUT2D eigenvalue weighted by Crippen LogP contribution is -2.15. The summed E-state index contributed by atoms with van der Waals surface area (Å²) in [4.78, 5) is 4.01. The zero-order valence-electron chi connectivity index (χ0n) is 8.91. The zero-order chi connectivity index (χ0) is 12.1. The van der Waals surface area contributed by atoms with Gasteiger partial charge in [0.2, 0.25) is 5.88 Å². The first-order valence-corrected chi connectivity index (χ1v) is 4.89. The average Bonchev–Trinajstić information content (AvgIpc) is 2.89. The van der Waals surface area contributed by atoms with E-state index in [2.05, 4.69) is 10.1 Å². The maximum Gasteiger partial charge on any atom is 0.225 e. The van der Waals surface area contributed by atoms with Crippen molar-refractivity contribution in [2.45, 2.75) is 6.61 Å². The standard InChI is InChI=1S/C11H11N3O3/c12-10(14-15)9-4-1-5-13-11(9)17-7-8-3-2-6-16-8/h1-6,15H,7H2,(H2,12,14). The van der Waals surface area contributed by atoms with Crippen molar-refractivity contribution < 1.29 is 14.4 Å². The van der Waals surface area contributed by atoms with Crippen LogP contribution in [0, 0.1) is 0 Å². The minimum Gasteiger partial charge on any atom is -0.469 e. The van der Waals surface area contributed by atoms with Gasteiger partial charge in [0.25, 0.3) is 0 Å². The third kappa shape index (κ3) is 2.54. The molecule has 2 rings (SSSR count). The highest BCUT2D eigenvalue weighted by molar-refractivity contribution is 5.98. The second kappa shape index (κ2) is 5.02. The highest BCUT2D eigenvalue weighted by atomic mass is 16.5. The van der Waals surface area contributed by atoms with Crippen LogP contribution in [0.3, 0.4) is 0 Å². The fourth-order valence-corrected chi connectivity index (χ4v) is 1.29. The first kappa shape index (κ1) is 11.0. The van der Waals surface area contributed by atoms with Crippen LogP contribution in [0.4, 0.5) is 0 Å². The van der Waals surface area contributed by atoms with Crippen molar-refractivity contribution in [3.05, 3.63) is 48.0 Å². The molecule has 0 saturated heterocycles. The van der Waals surface area contributed by atoms with E-state index in [9.17, 15) is 0 Å². The monoisotopic (exact) mass is 233 g/mol. The van der Waals surface area contributed by atoms with E-state index in [-0.39, 0.29) is 12.4 Å². The molecular weight excluding hydrogens is 222 g/mol. The van der Waals surface area contributed by atoms with Gasteiger partial charge in [-0.1, -0.05) is 5.16 Å². The van der Waals surface area contributed by atoms with Gasteiger partial charge in [-0.25, -0.2) is 4.98 Å². The van der Waals surface area contributed by atoms with Crippen molar-refractivity contribution in [3.63, 3.8) is 0 Å². The summed E-state index contributed by atoms with van der Waals surface area (Å²) < 4.78 is 10.5. The maximum atomic E-state index is 8.63. The van der Waals surface area contributed by atoms with Gasteiger partial charge in [0, 0.05) is 6.20 Å².